The van der Waals surface area contributed by atoms with Crippen LogP contribution in [0.15, 0.2) is 18.2 Å². The molecule has 1 rings (SSSR count). The molecule has 0 unspecified atom stereocenters. The molecule has 0 aromatic heterocycles. The maximum atomic E-state index is 11.5. The summed E-state index contributed by atoms with van der Waals surface area (Å²) < 4.78 is 5.10. The molecule has 0 saturated heterocycles. The van der Waals surface area contributed by atoms with E-state index in [1.165, 1.54) is 18.2 Å². The van der Waals surface area contributed by atoms with Gasteiger partial charge in [-0.3, -0.25) is 4.79 Å². The zero-order valence-electron chi connectivity index (χ0n) is 12.7. The molecule has 0 fully saturated rings. The number of carbonyl (C=O) groups is 3. The molecule has 22 heavy (non-hydrogen) atoms. The normalized spacial score (nSPS) is 11.0. The molecule has 1 aromatic rings. The number of rotatable bonds is 6. The standard InChI is InChI=1S/C15H19NO6/c1-15(2,3)22-11(17)8-16-7-9-5-4-6-10(13(18)19)12(9)14(20)21/h4-6,16H,7-8H2,1-3H3,(H,18,19)(H,20,21). The summed E-state index contributed by atoms with van der Waals surface area (Å²) in [7, 11) is 0. The van der Waals surface area contributed by atoms with E-state index in [-0.39, 0.29) is 29.8 Å². The SMILES string of the molecule is CC(C)(C)OC(=O)CNCc1cccc(C(=O)O)c1C(=O)O. The van der Waals surface area contributed by atoms with E-state index in [2.05, 4.69) is 5.32 Å². The molecule has 120 valence electrons. The summed E-state index contributed by atoms with van der Waals surface area (Å²) in [6, 6.07) is 4.18. The zero-order valence-corrected chi connectivity index (χ0v) is 12.7. The summed E-state index contributed by atoms with van der Waals surface area (Å²) in [5.41, 5.74) is -0.888. The predicted molar refractivity (Wildman–Crippen MR) is 77.9 cm³/mol. The molecule has 0 radical (unpaired) electrons. The number of aromatic carboxylic acids is 2. The van der Waals surface area contributed by atoms with Crippen LogP contribution in [-0.4, -0.2) is 40.3 Å². The van der Waals surface area contributed by atoms with Crippen LogP contribution in [0, 0.1) is 0 Å². The van der Waals surface area contributed by atoms with Crippen molar-refractivity contribution >= 4 is 17.9 Å². The molecule has 7 heteroatoms. The van der Waals surface area contributed by atoms with E-state index in [4.69, 9.17) is 9.84 Å². The van der Waals surface area contributed by atoms with Gasteiger partial charge in [-0.05, 0) is 32.4 Å². The van der Waals surface area contributed by atoms with Crippen molar-refractivity contribution in [2.75, 3.05) is 6.54 Å². The van der Waals surface area contributed by atoms with Crippen molar-refractivity contribution in [1.29, 1.82) is 0 Å². The van der Waals surface area contributed by atoms with Crippen molar-refractivity contribution in [3.63, 3.8) is 0 Å². The summed E-state index contributed by atoms with van der Waals surface area (Å²) in [5, 5.41) is 21.0. The summed E-state index contributed by atoms with van der Waals surface area (Å²) in [5.74, 6) is -3.11. The number of esters is 1. The van der Waals surface area contributed by atoms with Gasteiger partial charge in [0.25, 0.3) is 0 Å². The van der Waals surface area contributed by atoms with E-state index in [1.54, 1.807) is 20.8 Å². The Bertz CT molecular complexity index is 588. The van der Waals surface area contributed by atoms with Crippen LogP contribution in [0.2, 0.25) is 0 Å². The fourth-order valence-corrected chi connectivity index (χ4v) is 1.86. The Labute approximate surface area is 127 Å². The average molecular weight is 309 g/mol. The highest BCUT2D eigenvalue weighted by molar-refractivity contribution is 6.02. The summed E-state index contributed by atoms with van der Waals surface area (Å²) >= 11 is 0. The number of ether oxygens (including phenoxy) is 1. The number of carboxylic acid groups (broad SMARTS) is 2. The van der Waals surface area contributed by atoms with Crippen LogP contribution in [0.25, 0.3) is 0 Å². The number of carbonyl (C=O) groups excluding carboxylic acids is 1. The minimum Gasteiger partial charge on any atom is -0.478 e. The van der Waals surface area contributed by atoms with E-state index in [0.717, 1.165) is 0 Å². The van der Waals surface area contributed by atoms with Crippen LogP contribution in [0.1, 0.15) is 47.1 Å². The van der Waals surface area contributed by atoms with Crippen molar-refractivity contribution < 1.29 is 29.3 Å². The van der Waals surface area contributed by atoms with Crippen molar-refractivity contribution in [2.45, 2.75) is 32.9 Å². The fourth-order valence-electron chi connectivity index (χ4n) is 1.86. The molecule has 0 atom stereocenters. The molecular formula is C15H19NO6. The van der Waals surface area contributed by atoms with E-state index >= 15 is 0 Å². The van der Waals surface area contributed by atoms with Gasteiger partial charge in [-0.1, -0.05) is 12.1 Å². The van der Waals surface area contributed by atoms with Crippen molar-refractivity contribution in [1.82, 2.24) is 5.32 Å². The number of benzene rings is 1. The van der Waals surface area contributed by atoms with E-state index in [0.29, 0.717) is 0 Å². The Kier molecular flexibility index (Phi) is 5.64. The van der Waals surface area contributed by atoms with E-state index in [1.807, 2.05) is 0 Å². The molecule has 3 N–H and O–H groups in total. The van der Waals surface area contributed by atoms with E-state index in [9.17, 15) is 19.5 Å². The van der Waals surface area contributed by atoms with Gasteiger partial charge in [0.15, 0.2) is 0 Å². The van der Waals surface area contributed by atoms with Gasteiger partial charge in [-0.2, -0.15) is 0 Å². The van der Waals surface area contributed by atoms with Crippen LogP contribution in [0.5, 0.6) is 0 Å². The highest BCUT2D eigenvalue weighted by Crippen LogP contribution is 2.15. The largest absolute Gasteiger partial charge is 0.478 e. The van der Waals surface area contributed by atoms with Gasteiger partial charge in [0.05, 0.1) is 17.7 Å². The van der Waals surface area contributed by atoms with Crippen LogP contribution < -0.4 is 5.32 Å². The van der Waals surface area contributed by atoms with E-state index < -0.39 is 23.5 Å². The fraction of sp³-hybridized carbons (Fsp3) is 0.400. The minimum absolute atomic E-state index is 0.0436. The first kappa shape index (κ1) is 17.6. The third-order valence-electron chi connectivity index (χ3n) is 2.60. The molecule has 0 saturated carbocycles. The minimum atomic E-state index is -1.33. The lowest BCUT2D eigenvalue weighted by atomic mass is 10.0. The molecular weight excluding hydrogens is 290 g/mol. The molecule has 7 nitrogen and oxygen atoms in total. The quantitative estimate of drug-likeness (QED) is 0.683. The lowest BCUT2D eigenvalue weighted by Crippen LogP contribution is -2.31. The third kappa shape index (κ3) is 5.17. The second-order valence-corrected chi connectivity index (χ2v) is 5.64. The summed E-state index contributed by atoms with van der Waals surface area (Å²) in [6.45, 7) is 5.16. The number of hydrogen-bond donors (Lipinski definition) is 3. The zero-order chi connectivity index (χ0) is 16.9. The predicted octanol–water partition coefficient (Wildman–Crippen LogP) is 1.51. The Morgan fingerprint density at radius 3 is 2.27 bits per heavy atom. The van der Waals surface area contributed by atoms with Crippen LogP contribution in [0.4, 0.5) is 0 Å². The molecule has 0 aliphatic heterocycles. The first-order valence-electron chi connectivity index (χ1n) is 6.63. The van der Waals surface area contributed by atoms with Gasteiger partial charge in [0, 0.05) is 6.54 Å². The highest BCUT2D eigenvalue weighted by Gasteiger charge is 2.20. The van der Waals surface area contributed by atoms with Gasteiger partial charge in [0.1, 0.15) is 5.60 Å². The van der Waals surface area contributed by atoms with Gasteiger partial charge in [-0.15, -0.1) is 0 Å². The number of carboxylic acids is 2. The molecule has 0 amide bonds. The first-order chi connectivity index (χ1) is 10.1. The average Bonchev–Trinajstić information content (AvgIpc) is 2.35. The van der Waals surface area contributed by atoms with Gasteiger partial charge < -0.3 is 20.3 Å². The second kappa shape index (κ2) is 7.04. The maximum Gasteiger partial charge on any atom is 0.336 e. The lowest BCUT2D eigenvalue weighted by Gasteiger charge is -2.19. The van der Waals surface area contributed by atoms with Crippen LogP contribution in [-0.2, 0) is 16.1 Å². The topological polar surface area (TPSA) is 113 Å². The molecule has 0 spiro atoms. The van der Waals surface area contributed by atoms with Gasteiger partial charge in [-0.25, -0.2) is 9.59 Å². The van der Waals surface area contributed by atoms with Crippen LogP contribution in [0.3, 0.4) is 0 Å². The summed E-state index contributed by atoms with van der Waals surface area (Å²) in [6.07, 6.45) is 0. The Morgan fingerprint density at radius 2 is 1.77 bits per heavy atom. The Hall–Kier alpha value is -2.41. The molecule has 0 bridgehead atoms. The first-order valence-corrected chi connectivity index (χ1v) is 6.63. The Morgan fingerprint density at radius 1 is 1.14 bits per heavy atom. The lowest BCUT2D eigenvalue weighted by molar-refractivity contribution is -0.153. The highest BCUT2D eigenvalue weighted by atomic mass is 16.6. The molecule has 1 aromatic carbocycles. The van der Waals surface area contributed by atoms with Crippen molar-refractivity contribution in [2.24, 2.45) is 0 Å². The van der Waals surface area contributed by atoms with Gasteiger partial charge in [0.2, 0.25) is 0 Å². The third-order valence-corrected chi connectivity index (χ3v) is 2.60. The monoisotopic (exact) mass is 309 g/mol. The molecule has 0 heterocycles. The smallest absolute Gasteiger partial charge is 0.336 e. The van der Waals surface area contributed by atoms with Crippen LogP contribution >= 0.6 is 0 Å². The summed E-state index contributed by atoms with van der Waals surface area (Å²) in [4.78, 5) is 33.9. The molecule has 0 aliphatic carbocycles. The van der Waals surface area contributed by atoms with Crippen molar-refractivity contribution in [3.05, 3.63) is 34.9 Å². The second-order valence-electron chi connectivity index (χ2n) is 5.64. The number of nitrogens with one attached hydrogen (secondary N) is 1. The number of hydrogen-bond acceptors (Lipinski definition) is 5. The molecule has 0 aliphatic rings. The Balaban J connectivity index is 2.78. The van der Waals surface area contributed by atoms with Crippen molar-refractivity contribution in [3.8, 4) is 0 Å². The van der Waals surface area contributed by atoms with Gasteiger partial charge >= 0.3 is 17.9 Å². The maximum absolute atomic E-state index is 11.5.